The molecule has 0 spiro atoms. The molecule has 0 saturated carbocycles. The molecule has 1 aromatic carbocycles. The first kappa shape index (κ1) is 14.7. The van der Waals surface area contributed by atoms with Gasteiger partial charge in [-0.25, -0.2) is 0 Å². The molecular weight excluding hydrogens is 252 g/mol. The van der Waals surface area contributed by atoms with E-state index in [-0.39, 0.29) is 5.91 Å². The number of nitrogen functional groups attached to an aromatic ring is 1. The van der Waals surface area contributed by atoms with Crippen LogP contribution in [0.25, 0.3) is 0 Å². The van der Waals surface area contributed by atoms with Crippen LogP contribution >= 0.6 is 0 Å². The maximum Gasteiger partial charge on any atom is 0.256 e. The zero-order valence-electron chi connectivity index (χ0n) is 12.6. The van der Waals surface area contributed by atoms with E-state index in [4.69, 9.17) is 5.73 Å². The number of nitrogens with two attached hydrogens (primary N) is 1. The summed E-state index contributed by atoms with van der Waals surface area (Å²) in [4.78, 5) is 18.9. The monoisotopic (exact) mass is 276 g/mol. The number of piperazine rings is 1. The summed E-state index contributed by atoms with van der Waals surface area (Å²) in [7, 11) is 3.88. The highest BCUT2D eigenvalue weighted by Crippen LogP contribution is 2.23. The molecular formula is C15H24N4O. The highest BCUT2D eigenvalue weighted by Gasteiger charge is 2.23. The van der Waals surface area contributed by atoms with Crippen molar-refractivity contribution in [1.82, 2.24) is 9.80 Å². The number of nitrogens with zero attached hydrogens (tertiary/aromatic N) is 3. The van der Waals surface area contributed by atoms with Crippen LogP contribution in [-0.2, 0) is 0 Å². The van der Waals surface area contributed by atoms with Crippen molar-refractivity contribution >= 4 is 17.3 Å². The van der Waals surface area contributed by atoms with Crippen molar-refractivity contribution in [3.05, 3.63) is 23.8 Å². The topological polar surface area (TPSA) is 52.8 Å². The number of hydrogen-bond acceptors (Lipinski definition) is 4. The third kappa shape index (κ3) is 3.04. The minimum atomic E-state index is 0.0803. The Labute approximate surface area is 120 Å². The molecule has 1 heterocycles. The number of benzene rings is 1. The van der Waals surface area contributed by atoms with E-state index in [0.29, 0.717) is 11.3 Å². The van der Waals surface area contributed by atoms with Crippen LogP contribution in [0.4, 0.5) is 11.4 Å². The third-order valence-electron chi connectivity index (χ3n) is 3.84. The maximum atomic E-state index is 12.7. The van der Waals surface area contributed by atoms with Gasteiger partial charge < -0.3 is 20.4 Å². The summed E-state index contributed by atoms with van der Waals surface area (Å²) in [6.07, 6.45) is 0. The summed E-state index contributed by atoms with van der Waals surface area (Å²) in [6.45, 7) is 6.66. The molecule has 0 atom stereocenters. The Morgan fingerprint density at radius 1 is 1.25 bits per heavy atom. The van der Waals surface area contributed by atoms with Gasteiger partial charge in [0.15, 0.2) is 0 Å². The number of carbonyl (C=O) groups excluding carboxylic acids is 1. The summed E-state index contributed by atoms with van der Waals surface area (Å²) in [5.41, 5.74) is 8.08. The van der Waals surface area contributed by atoms with E-state index in [0.717, 1.165) is 38.4 Å². The lowest BCUT2D eigenvalue weighted by Gasteiger charge is -2.34. The number of rotatable bonds is 3. The predicted molar refractivity (Wildman–Crippen MR) is 83.2 cm³/mol. The third-order valence-corrected chi connectivity index (χ3v) is 3.84. The average Bonchev–Trinajstić information content (AvgIpc) is 2.46. The largest absolute Gasteiger partial charge is 0.399 e. The van der Waals surface area contributed by atoms with Gasteiger partial charge in [-0.2, -0.15) is 0 Å². The normalized spacial score (nSPS) is 16.2. The van der Waals surface area contributed by atoms with Gasteiger partial charge in [-0.05, 0) is 24.7 Å². The lowest BCUT2D eigenvalue weighted by atomic mass is 10.1. The quantitative estimate of drug-likeness (QED) is 0.840. The van der Waals surface area contributed by atoms with Gasteiger partial charge in [-0.15, -0.1) is 0 Å². The Balaban J connectivity index is 2.19. The van der Waals surface area contributed by atoms with E-state index < -0.39 is 0 Å². The van der Waals surface area contributed by atoms with E-state index >= 15 is 0 Å². The summed E-state index contributed by atoms with van der Waals surface area (Å²) in [6, 6.07) is 5.52. The molecule has 0 aliphatic carbocycles. The van der Waals surface area contributed by atoms with Gasteiger partial charge in [0, 0.05) is 51.6 Å². The minimum absolute atomic E-state index is 0.0803. The van der Waals surface area contributed by atoms with Gasteiger partial charge >= 0.3 is 0 Å². The number of hydrogen-bond donors (Lipinski definition) is 1. The molecule has 1 aliphatic heterocycles. The zero-order chi connectivity index (χ0) is 14.7. The Kier molecular flexibility index (Phi) is 4.49. The van der Waals surface area contributed by atoms with Gasteiger partial charge in [0.25, 0.3) is 5.91 Å². The molecule has 1 amide bonds. The van der Waals surface area contributed by atoms with Crippen molar-refractivity contribution in [2.24, 2.45) is 0 Å². The Bertz CT molecular complexity index is 479. The van der Waals surface area contributed by atoms with Crippen LogP contribution in [0.2, 0.25) is 0 Å². The van der Waals surface area contributed by atoms with Crippen LogP contribution in [0.1, 0.15) is 17.3 Å². The number of likely N-dealkylation sites (N-methyl/N-ethyl adjacent to an activating group) is 1. The summed E-state index contributed by atoms with van der Waals surface area (Å²) in [5.74, 6) is 0.0803. The van der Waals surface area contributed by atoms with E-state index in [1.54, 1.807) is 6.07 Å². The zero-order valence-corrected chi connectivity index (χ0v) is 12.6. The van der Waals surface area contributed by atoms with E-state index in [1.807, 2.05) is 36.0 Å². The summed E-state index contributed by atoms with van der Waals surface area (Å²) >= 11 is 0. The lowest BCUT2D eigenvalue weighted by molar-refractivity contribution is 0.0644. The standard InChI is InChI=1S/C15H24N4O/c1-4-18-7-9-19(10-8-18)15(20)13-11-12(16)5-6-14(13)17(2)3/h5-6,11H,4,7-10,16H2,1-3H3. The summed E-state index contributed by atoms with van der Waals surface area (Å²) < 4.78 is 0. The van der Waals surface area contributed by atoms with Gasteiger partial charge in [0.2, 0.25) is 0 Å². The van der Waals surface area contributed by atoms with Crippen molar-refractivity contribution < 1.29 is 4.79 Å². The smallest absolute Gasteiger partial charge is 0.256 e. The molecule has 0 bridgehead atoms. The highest BCUT2D eigenvalue weighted by atomic mass is 16.2. The second-order valence-corrected chi connectivity index (χ2v) is 5.40. The molecule has 110 valence electrons. The van der Waals surface area contributed by atoms with Crippen LogP contribution in [0.3, 0.4) is 0 Å². The number of anilines is 2. The Hall–Kier alpha value is -1.75. The van der Waals surface area contributed by atoms with Gasteiger partial charge in [-0.1, -0.05) is 6.92 Å². The summed E-state index contributed by atoms with van der Waals surface area (Å²) in [5, 5.41) is 0. The molecule has 1 saturated heterocycles. The fraction of sp³-hybridized carbons (Fsp3) is 0.533. The second kappa shape index (κ2) is 6.13. The molecule has 0 radical (unpaired) electrons. The first-order chi connectivity index (χ1) is 9.52. The maximum absolute atomic E-state index is 12.7. The second-order valence-electron chi connectivity index (χ2n) is 5.40. The molecule has 5 heteroatoms. The van der Waals surface area contributed by atoms with Crippen molar-refractivity contribution in [2.45, 2.75) is 6.92 Å². The molecule has 0 unspecified atom stereocenters. The Morgan fingerprint density at radius 3 is 2.45 bits per heavy atom. The van der Waals surface area contributed by atoms with Crippen LogP contribution < -0.4 is 10.6 Å². The highest BCUT2D eigenvalue weighted by molar-refractivity contribution is 6.00. The van der Waals surface area contributed by atoms with Crippen molar-refractivity contribution in [3.63, 3.8) is 0 Å². The molecule has 2 N–H and O–H groups in total. The minimum Gasteiger partial charge on any atom is -0.399 e. The molecule has 1 aromatic rings. The van der Waals surface area contributed by atoms with Crippen molar-refractivity contribution in [2.75, 3.05) is 57.5 Å². The molecule has 2 rings (SSSR count). The average molecular weight is 276 g/mol. The van der Waals surface area contributed by atoms with Crippen molar-refractivity contribution in [1.29, 1.82) is 0 Å². The molecule has 1 fully saturated rings. The van der Waals surface area contributed by atoms with Crippen LogP contribution in [-0.4, -0.2) is 62.5 Å². The molecule has 5 nitrogen and oxygen atoms in total. The SMILES string of the molecule is CCN1CCN(C(=O)c2cc(N)ccc2N(C)C)CC1. The lowest BCUT2D eigenvalue weighted by Crippen LogP contribution is -2.48. The van der Waals surface area contributed by atoms with E-state index in [1.165, 1.54) is 0 Å². The van der Waals surface area contributed by atoms with E-state index in [9.17, 15) is 4.79 Å². The first-order valence-electron chi connectivity index (χ1n) is 7.11. The van der Waals surface area contributed by atoms with Crippen LogP contribution in [0.5, 0.6) is 0 Å². The van der Waals surface area contributed by atoms with Gasteiger partial charge in [0.1, 0.15) is 0 Å². The van der Waals surface area contributed by atoms with E-state index in [2.05, 4.69) is 11.8 Å². The fourth-order valence-electron chi connectivity index (χ4n) is 2.55. The number of carbonyl (C=O) groups is 1. The van der Waals surface area contributed by atoms with Gasteiger partial charge in [0.05, 0.1) is 5.56 Å². The van der Waals surface area contributed by atoms with Crippen LogP contribution in [0, 0.1) is 0 Å². The first-order valence-corrected chi connectivity index (χ1v) is 7.11. The molecule has 1 aliphatic rings. The molecule has 0 aromatic heterocycles. The fourth-order valence-corrected chi connectivity index (χ4v) is 2.55. The van der Waals surface area contributed by atoms with Crippen molar-refractivity contribution in [3.8, 4) is 0 Å². The van der Waals surface area contributed by atoms with Crippen LogP contribution in [0.15, 0.2) is 18.2 Å². The predicted octanol–water partition coefficient (Wildman–Crippen LogP) is 1.11. The Morgan fingerprint density at radius 2 is 1.90 bits per heavy atom. The number of amides is 1. The van der Waals surface area contributed by atoms with Gasteiger partial charge in [-0.3, -0.25) is 4.79 Å². The molecule has 20 heavy (non-hydrogen) atoms.